The number of carbonyl (C=O) groups is 2. The summed E-state index contributed by atoms with van der Waals surface area (Å²) in [5.41, 5.74) is 2.95. The summed E-state index contributed by atoms with van der Waals surface area (Å²) in [6, 6.07) is 17.1. The molecule has 7 nitrogen and oxygen atoms in total. The van der Waals surface area contributed by atoms with E-state index in [-0.39, 0.29) is 24.4 Å². The Morgan fingerprint density at radius 2 is 1.86 bits per heavy atom. The molecule has 1 atom stereocenters. The van der Waals surface area contributed by atoms with E-state index in [1.807, 2.05) is 59.2 Å². The van der Waals surface area contributed by atoms with Crippen LogP contribution in [0.25, 0.3) is 0 Å². The molecule has 0 spiro atoms. The van der Waals surface area contributed by atoms with Gasteiger partial charge in [-0.25, -0.2) is 4.98 Å². The Kier molecular flexibility index (Phi) is 4.37. The minimum Gasteiger partial charge on any atom is -0.332 e. The number of anilines is 1. The van der Waals surface area contributed by atoms with Crippen molar-refractivity contribution in [3.05, 3.63) is 83.4 Å². The van der Waals surface area contributed by atoms with Gasteiger partial charge in [-0.2, -0.15) is 0 Å². The molecule has 1 unspecified atom stereocenters. The minimum absolute atomic E-state index is 0.0342. The number of benzene rings is 2. The van der Waals surface area contributed by atoms with E-state index >= 15 is 0 Å². The van der Waals surface area contributed by atoms with Gasteiger partial charge in [0.15, 0.2) is 0 Å². The summed E-state index contributed by atoms with van der Waals surface area (Å²) in [5, 5.41) is 6.20. The average molecular weight is 387 g/mol. The van der Waals surface area contributed by atoms with Gasteiger partial charge in [-0.3, -0.25) is 9.59 Å². The van der Waals surface area contributed by atoms with E-state index in [0.717, 1.165) is 35.7 Å². The molecule has 0 bridgehead atoms. The lowest BCUT2D eigenvalue weighted by Gasteiger charge is -2.30. The highest BCUT2D eigenvalue weighted by Crippen LogP contribution is 2.36. The Morgan fingerprint density at radius 1 is 1.07 bits per heavy atom. The molecular formula is C22H21N5O2. The van der Waals surface area contributed by atoms with Crippen LogP contribution in [0.4, 0.5) is 5.69 Å². The second-order valence-corrected chi connectivity index (χ2v) is 7.29. The third-order valence-electron chi connectivity index (χ3n) is 5.42. The van der Waals surface area contributed by atoms with Crippen LogP contribution in [0.2, 0.25) is 0 Å². The van der Waals surface area contributed by atoms with Crippen LogP contribution in [0.3, 0.4) is 0 Å². The van der Waals surface area contributed by atoms with Gasteiger partial charge in [0, 0.05) is 30.5 Å². The molecule has 2 aliphatic heterocycles. The number of para-hydroxylation sites is 1. The number of carbonyl (C=O) groups excluding carboxylic acids is 2. The van der Waals surface area contributed by atoms with E-state index in [1.165, 1.54) is 0 Å². The van der Waals surface area contributed by atoms with Crippen molar-refractivity contribution >= 4 is 17.5 Å². The van der Waals surface area contributed by atoms with Crippen molar-refractivity contribution in [2.45, 2.75) is 19.1 Å². The molecule has 146 valence electrons. The van der Waals surface area contributed by atoms with E-state index in [1.54, 1.807) is 11.1 Å². The molecule has 29 heavy (non-hydrogen) atoms. The molecule has 3 aromatic rings. The van der Waals surface area contributed by atoms with Crippen molar-refractivity contribution in [1.82, 2.24) is 19.8 Å². The van der Waals surface area contributed by atoms with Crippen LogP contribution in [0.15, 0.2) is 60.8 Å². The number of nitrogens with one attached hydrogen (secondary N) is 2. The predicted octanol–water partition coefficient (Wildman–Crippen LogP) is 2.17. The fourth-order valence-electron chi connectivity index (χ4n) is 4.08. The zero-order valence-corrected chi connectivity index (χ0v) is 15.8. The van der Waals surface area contributed by atoms with Gasteiger partial charge in [-0.05, 0) is 11.6 Å². The quantitative estimate of drug-likeness (QED) is 0.706. The maximum atomic E-state index is 13.6. The Hall–Kier alpha value is -3.45. The highest BCUT2D eigenvalue weighted by molar-refractivity contribution is 6.00. The van der Waals surface area contributed by atoms with E-state index in [0.29, 0.717) is 12.2 Å². The normalized spacial score (nSPS) is 18.4. The molecule has 0 fully saturated rings. The molecule has 0 aliphatic carbocycles. The molecule has 5 rings (SSSR count). The number of rotatable bonds is 2. The monoisotopic (exact) mass is 387 g/mol. The molecule has 1 aromatic heterocycles. The first-order valence-electron chi connectivity index (χ1n) is 9.72. The smallest absolute Gasteiger partial charge is 0.275 e. The van der Waals surface area contributed by atoms with Crippen LogP contribution in [0.5, 0.6) is 0 Å². The lowest BCUT2D eigenvalue weighted by atomic mass is 9.95. The van der Waals surface area contributed by atoms with Crippen molar-refractivity contribution in [1.29, 1.82) is 0 Å². The second kappa shape index (κ2) is 7.18. The first-order chi connectivity index (χ1) is 14.2. The first kappa shape index (κ1) is 17.6. The van der Waals surface area contributed by atoms with Gasteiger partial charge in [0.2, 0.25) is 5.91 Å². The molecule has 2 aliphatic rings. The maximum Gasteiger partial charge on any atom is 0.275 e. The van der Waals surface area contributed by atoms with Gasteiger partial charge in [-0.15, -0.1) is 0 Å². The van der Waals surface area contributed by atoms with E-state index < -0.39 is 0 Å². The van der Waals surface area contributed by atoms with Gasteiger partial charge < -0.3 is 20.1 Å². The van der Waals surface area contributed by atoms with Crippen LogP contribution >= 0.6 is 0 Å². The summed E-state index contributed by atoms with van der Waals surface area (Å²) in [7, 11) is 0. The van der Waals surface area contributed by atoms with Crippen LogP contribution in [-0.2, 0) is 17.9 Å². The van der Waals surface area contributed by atoms with Crippen molar-refractivity contribution in [2.75, 3.05) is 18.4 Å². The molecule has 0 saturated heterocycles. The van der Waals surface area contributed by atoms with Crippen LogP contribution in [-0.4, -0.2) is 39.4 Å². The number of fused-ring (bicyclic) bond motifs is 2. The number of nitrogens with zero attached hydrogens (tertiary/aromatic N) is 3. The average Bonchev–Trinajstić information content (AvgIpc) is 3.12. The van der Waals surface area contributed by atoms with Crippen molar-refractivity contribution in [3.8, 4) is 0 Å². The lowest BCUT2D eigenvalue weighted by Crippen LogP contribution is -2.39. The van der Waals surface area contributed by atoms with E-state index in [9.17, 15) is 9.59 Å². The van der Waals surface area contributed by atoms with Crippen LogP contribution in [0.1, 0.15) is 33.5 Å². The van der Waals surface area contributed by atoms with E-state index in [2.05, 4.69) is 15.6 Å². The lowest BCUT2D eigenvalue weighted by molar-refractivity contribution is -0.117. The standard InChI is InChI=1S/C22H21N5O2/c28-20-14-27(22(29)18-13-26-11-10-23-12-19(26)24-18)21(15-6-2-1-3-7-15)16-8-4-5-9-17(16)25-20/h1-9,13,21,23H,10-12,14H2,(H,25,28). The van der Waals surface area contributed by atoms with Crippen molar-refractivity contribution in [3.63, 3.8) is 0 Å². The molecular weight excluding hydrogens is 366 g/mol. The third kappa shape index (κ3) is 3.19. The van der Waals surface area contributed by atoms with Gasteiger partial charge in [0.05, 0.1) is 12.6 Å². The molecule has 3 heterocycles. The molecule has 2 aromatic carbocycles. The van der Waals surface area contributed by atoms with Gasteiger partial charge in [0.1, 0.15) is 18.1 Å². The number of aromatic nitrogens is 2. The van der Waals surface area contributed by atoms with Gasteiger partial charge >= 0.3 is 0 Å². The zero-order valence-electron chi connectivity index (χ0n) is 15.8. The third-order valence-corrected chi connectivity index (χ3v) is 5.42. The number of amides is 2. The first-order valence-corrected chi connectivity index (χ1v) is 9.72. The van der Waals surface area contributed by atoms with Gasteiger partial charge in [-0.1, -0.05) is 48.5 Å². The fraction of sp³-hybridized carbons (Fsp3) is 0.227. The summed E-state index contributed by atoms with van der Waals surface area (Å²) in [6.45, 7) is 2.23. The Morgan fingerprint density at radius 3 is 2.69 bits per heavy atom. The van der Waals surface area contributed by atoms with Gasteiger partial charge in [0.25, 0.3) is 5.91 Å². The highest BCUT2D eigenvalue weighted by Gasteiger charge is 2.35. The minimum atomic E-state index is -0.379. The maximum absolute atomic E-state index is 13.6. The second-order valence-electron chi connectivity index (χ2n) is 7.29. The van der Waals surface area contributed by atoms with Crippen LogP contribution < -0.4 is 10.6 Å². The summed E-state index contributed by atoms with van der Waals surface area (Å²) < 4.78 is 2.01. The molecule has 2 N–H and O–H groups in total. The highest BCUT2D eigenvalue weighted by atomic mass is 16.2. The summed E-state index contributed by atoms with van der Waals surface area (Å²) in [5.74, 6) is 0.387. The number of hydrogen-bond acceptors (Lipinski definition) is 4. The summed E-state index contributed by atoms with van der Waals surface area (Å²) in [4.78, 5) is 32.3. The number of imidazole rings is 1. The Labute approximate surface area is 168 Å². The zero-order chi connectivity index (χ0) is 19.8. The van der Waals surface area contributed by atoms with Crippen molar-refractivity contribution < 1.29 is 9.59 Å². The molecule has 0 saturated carbocycles. The van der Waals surface area contributed by atoms with E-state index in [4.69, 9.17) is 0 Å². The molecule has 0 radical (unpaired) electrons. The summed E-state index contributed by atoms with van der Waals surface area (Å²) in [6.07, 6.45) is 1.80. The summed E-state index contributed by atoms with van der Waals surface area (Å²) >= 11 is 0. The Bertz CT molecular complexity index is 1050. The topological polar surface area (TPSA) is 79.3 Å². The SMILES string of the molecule is O=C1CN(C(=O)c2cn3c(n2)CNCC3)C(c2ccccc2)c2ccccc2N1. The fourth-order valence-corrected chi connectivity index (χ4v) is 4.08. The molecule has 2 amide bonds. The van der Waals surface area contributed by atoms with Crippen molar-refractivity contribution in [2.24, 2.45) is 0 Å². The number of hydrogen-bond donors (Lipinski definition) is 2. The Balaban J connectivity index is 1.61. The predicted molar refractivity (Wildman–Crippen MR) is 108 cm³/mol. The van der Waals surface area contributed by atoms with Crippen LogP contribution in [0, 0.1) is 0 Å². The molecule has 7 heteroatoms. The largest absolute Gasteiger partial charge is 0.332 e.